The van der Waals surface area contributed by atoms with Gasteiger partial charge >= 0.3 is 0 Å². The summed E-state index contributed by atoms with van der Waals surface area (Å²) in [7, 11) is 0. The van der Waals surface area contributed by atoms with Crippen molar-refractivity contribution in [2.45, 2.75) is 43.6 Å². The summed E-state index contributed by atoms with van der Waals surface area (Å²) >= 11 is 1.27. The van der Waals surface area contributed by atoms with Gasteiger partial charge in [-0.05, 0) is 38.0 Å². The highest BCUT2D eigenvalue weighted by Gasteiger charge is 2.20. The molecule has 0 aliphatic rings. The molecule has 2 atom stereocenters. The van der Waals surface area contributed by atoms with Gasteiger partial charge in [-0.3, -0.25) is 4.79 Å². The first-order valence-corrected chi connectivity index (χ1v) is 10.3. The molecule has 0 spiro atoms. The molecule has 3 rings (SSSR count). The van der Waals surface area contributed by atoms with E-state index in [1.807, 2.05) is 56.3 Å². The number of hydrogen-bond donors (Lipinski definition) is 1. The lowest BCUT2D eigenvalue weighted by atomic mass is 9.96. The zero-order chi connectivity index (χ0) is 19.9. The second-order valence-electron chi connectivity index (χ2n) is 6.76. The normalized spacial score (nSPS) is 13.1. The lowest BCUT2D eigenvalue weighted by Gasteiger charge is -2.17. The van der Waals surface area contributed by atoms with E-state index in [0.717, 1.165) is 17.5 Å². The molecule has 1 heterocycles. The summed E-state index contributed by atoms with van der Waals surface area (Å²) in [6.45, 7) is 6.61. The molecule has 0 aliphatic carbocycles. The Morgan fingerprint density at radius 3 is 2.64 bits per heavy atom. The largest absolute Gasteiger partial charge is 0.411 e. The Hall–Kier alpha value is -2.60. The van der Waals surface area contributed by atoms with Crippen molar-refractivity contribution in [3.05, 3.63) is 65.7 Å². The summed E-state index contributed by atoms with van der Waals surface area (Å²) in [4.78, 5) is 12.5. The van der Waals surface area contributed by atoms with Crippen molar-refractivity contribution in [1.29, 1.82) is 0 Å². The summed E-state index contributed by atoms with van der Waals surface area (Å²) in [6, 6.07) is 18.2. The molecule has 28 heavy (non-hydrogen) atoms. The third-order valence-corrected chi connectivity index (χ3v) is 5.54. The first kappa shape index (κ1) is 20.1. The van der Waals surface area contributed by atoms with Crippen LogP contribution in [0.1, 0.15) is 37.3 Å². The van der Waals surface area contributed by atoms with Crippen LogP contribution in [0.2, 0.25) is 0 Å². The quantitative estimate of drug-likeness (QED) is 0.553. The number of aromatic nitrogens is 2. The fourth-order valence-electron chi connectivity index (χ4n) is 2.95. The van der Waals surface area contributed by atoms with E-state index in [1.54, 1.807) is 0 Å². The molecule has 0 saturated carbocycles. The molecule has 1 amide bonds. The zero-order valence-electron chi connectivity index (χ0n) is 16.4. The molecule has 0 bridgehead atoms. The smallest absolute Gasteiger partial charge is 0.277 e. The molecule has 6 heteroatoms. The molecule has 3 aromatic rings. The molecule has 0 fully saturated rings. The minimum atomic E-state index is -0.320. The summed E-state index contributed by atoms with van der Waals surface area (Å²) < 4.78 is 5.72. The van der Waals surface area contributed by atoms with Gasteiger partial charge in [0.25, 0.3) is 5.22 Å². The average Bonchev–Trinajstić information content (AvgIpc) is 3.17. The molecule has 146 valence electrons. The first-order valence-electron chi connectivity index (χ1n) is 9.46. The Balaban J connectivity index is 1.56. The minimum Gasteiger partial charge on any atom is -0.411 e. The van der Waals surface area contributed by atoms with Gasteiger partial charge in [0.2, 0.25) is 11.8 Å². The maximum absolute atomic E-state index is 12.5. The SMILES string of the molecule is CC[C@@H](CNC(=O)[C@@H](C)Sc1nnc(-c2cccc(C)c2)o1)c1ccccc1. The maximum atomic E-state index is 12.5. The number of carbonyl (C=O) groups is 1. The van der Waals surface area contributed by atoms with Gasteiger partial charge in [0.1, 0.15) is 0 Å². The van der Waals surface area contributed by atoms with Crippen LogP contribution in [0.15, 0.2) is 64.2 Å². The molecule has 2 aromatic carbocycles. The second kappa shape index (κ2) is 9.55. The summed E-state index contributed by atoms with van der Waals surface area (Å²) in [5.74, 6) is 0.738. The van der Waals surface area contributed by atoms with Crippen LogP contribution in [-0.4, -0.2) is 27.9 Å². The number of benzene rings is 2. The van der Waals surface area contributed by atoms with Gasteiger partial charge in [0.05, 0.1) is 5.25 Å². The summed E-state index contributed by atoms with van der Waals surface area (Å²) in [5, 5.41) is 11.3. The third kappa shape index (κ3) is 5.23. The number of rotatable bonds is 8. The predicted molar refractivity (Wildman–Crippen MR) is 112 cm³/mol. The van der Waals surface area contributed by atoms with Gasteiger partial charge in [0, 0.05) is 18.0 Å². The standard InChI is InChI=1S/C22H25N3O2S/c1-4-17(18-10-6-5-7-11-18)14-23-20(26)16(3)28-22-25-24-21(27-22)19-12-8-9-15(2)13-19/h5-13,16-17H,4,14H2,1-3H3,(H,23,26)/t16-,17+/m1/s1. The van der Waals surface area contributed by atoms with Crippen LogP contribution in [0.25, 0.3) is 11.5 Å². The molecular weight excluding hydrogens is 370 g/mol. The number of carbonyl (C=O) groups excluding carboxylic acids is 1. The average molecular weight is 396 g/mol. The van der Waals surface area contributed by atoms with Crippen LogP contribution in [0.5, 0.6) is 0 Å². The van der Waals surface area contributed by atoms with E-state index >= 15 is 0 Å². The van der Waals surface area contributed by atoms with Gasteiger partial charge in [-0.2, -0.15) is 0 Å². The molecular formula is C22H25N3O2S. The van der Waals surface area contributed by atoms with Crippen LogP contribution in [0.4, 0.5) is 0 Å². The Labute approximate surface area is 170 Å². The molecule has 0 aliphatic heterocycles. The van der Waals surface area contributed by atoms with Crippen LogP contribution < -0.4 is 5.32 Å². The number of hydrogen-bond acceptors (Lipinski definition) is 5. The molecule has 5 nitrogen and oxygen atoms in total. The highest BCUT2D eigenvalue weighted by Crippen LogP contribution is 2.27. The van der Waals surface area contributed by atoms with Crippen molar-refractivity contribution in [2.75, 3.05) is 6.54 Å². The van der Waals surface area contributed by atoms with E-state index in [2.05, 4.69) is 34.6 Å². The number of amides is 1. The Bertz CT molecular complexity index is 911. The van der Waals surface area contributed by atoms with Crippen molar-refractivity contribution in [3.8, 4) is 11.5 Å². The number of nitrogens with one attached hydrogen (secondary N) is 1. The van der Waals surface area contributed by atoms with Gasteiger partial charge in [-0.1, -0.05) is 66.7 Å². The van der Waals surface area contributed by atoms with Crippen LogP contribution in [-0.2, 0) is 4.79 Å². The lowest BCUT2D eigenvalue weighted by Crippen LogP contribution is -2.34. The van der Waals surface area contributed by atoms with Crippen molar-refractivity contribution < 1.29 is 9.21 Å². The highest BCUT2D eigenvalue weighted by atomic mass is 32.2. The van der Waals surface area contributed by atoms with Crippen molar-refractivity contribution in [3.63, 3.8) is 0 Å². The lowest BCUT2D eigenvalue weighted by molar-refractivity contribution is -0.120. The molecule has 1 aromatic heterocycles. The van der Waals surface area contributed by atoms with Crippen molar-refractivity contribution in [2.24, 2.45) is 0 Å². The monoisotopic (exact) mass is 395 g/mol. The summed E-state index contributed by atoms with van der Waals surface area (Å²) in [6.07, 6.45) is 0.968. The van der Waals surface area contributed by atoms with E-state index in [0.29, 0.717) is 23.6 Å². The van der Waals surface area contributed by atoms with E-state index in [-0.39, 0.29) is 11.2 Å². The van der Waals surface area contributed by atoms with E-state index in [4.69, 9.17) is 4.42 Å². The van der Waals surface area contributed by atoms with Gasteiger partial charge in [0.15, 0.2) is 0 Å². The maximum Gasteiger partial charge on any atom is 0.277 e. The van der Waals surface area contributed by atoms with Crippen LogP contribution >= 0.6 is 11.8 Å². The van der Waals surface area contributed by atoms with Crippen LogP contribution in [0, 0.1) is 6.92 Å². The third-order valence-electron chi connectivity index (χ3n) is 4.60. The van der Waals surface area contributed by atoms with Crippen molar-refractivity contribution in [1.82, 2.24) is 15.5 Å². The predicted octanol–water partition coefficient (Wildman–Crippen LogP) is 4.84. The zero-order valence-corrected chi connectivity index (χ0v) is 17.2. The fourth-order valence-corrected chi connectivity index (χ4v) is 3.66. The van der Waals surface area contributed by atoms with Crippen molar-refractivity contribution >= 4 is 17.7 Å². The van der Waals surface area contributed by atoms with Gasteiger partial charge in [-0.15, -0.1) is 10.2 Å². The molecule has 0 saturated heterocycles. The van der Waals surface area contributed by atoms with E-state index in [1.165, 1.54) is 17.3 Å². The van der Waals surface area contributed by atoms with Gasteiger partial charge in [-0.25, -0.2) is 0 Å². The highest BCUT2D eigenvalue weighted by molar-refractivity contribution is 8.00. The Morgan fingerprint density at radius 1 is 1.14 bits per heavy atom. The van der Waals surface area contributed by atoms with E-state index in [9.17, 15) is 4.79 Å². The number of thioether (sulfide) groups is 1. The van der Waals surface area contributed by atoms with Crippen LogP contribution in [0.3, 0.4) is 0 Å². The van der Waals surface area contributed by atoms with Gasteiger partial charge < -0.3 is 9.73 Å². The fraction of sp³-hybridized carbons (Fsp3) is 0.318. The molecule has 0 unspecified atom stereocenters. The van der Waals surface area contributed by atoms with E-state index < -0.39 is 0 Å². The summed E-state index contributed by atoms with van der Waals surface area (Å²) in [5.41, 5.74) is 3.25. The second-order valence-corrected chi connectivity index (χ2v) is 8.06. The Kier molecular flexibility index (Phi) is 6.87. The number of aryl methyl sites for hydroxylation is 1. The first-order chi connectivity index (χ1) is 13.6. The number of nitrogens with zero attached hydrogens (tertiary/aromatic N) is 2. The molecule has 1 N–H and O–H groups in total. The topological polar surface area (TPSA) is 68.0 Å². The Morgan fingerprint density at radius 2 is 1.93 bits per heavy atom. The minimum absolute atomic E-state index is 0.0327. The molecule has 0 radical (unpaired) electrons.